The van der Waals surface area contributed by atoms with Crippen molar-refractivity contribution < 1.29 is 4.74 Å². The summed E-state index contributed by atoms with van der Waals surface area (Å²) in [6.45, 7) is 7.58. The Kier molecular flexibility index (Phi) is 8.19. The van der Waals surface area contributed by atoms with Crippen LogP contribution in [0.15, 0.2) is 52.5 Å². The molecule has 1 fully saturated rings. The fourth-order valence-electron chi connectivity index (χ4n) is 3.32. The van der Waals surface area contributed by atoms with Gasteiger partial charge in [-0.25, -0.2) is 9.98 Å². The van der Waals surface area contributed by atoms with E-state index < -0.39 is 0 Å². The van der Waals surface area contributed by atoms with E-state index in [9.17, 15) is 0 Å². The summed E-state index contributed by atoms with van der Waals surface area (Å²) >= 11 is 1.76. The maximum Gasteiger partial charge on any atom is 0.194 e. The first kappa shape index (κ1) is 21.5. The van der Waals surface area contributed by atoms with Crippen molar-refractivity contribution in [3.63, 3.8) is 0 Å². The minimum Gasteiger partial charge on any atom is -0.378 e. The van der Waals surface area contributed by atoms with Gasteiger partial charge in [0.1, 0.15) is 5.82 Å². The molecule has 29 heavy (non-hydrogen) atoms. The minimum atomic E-state index is 0.596. The quantitative estimate of drug-likeness (QED) is 0.427. The number of benzene rings is 1. The largest absolute Gasteiger partial charge is 0.378 e. The number of pyridine rings is 1. The SMILES string of the molecule is CCNC(=NCc1cccnc1N1CCOCC1)N(C)Cc1ccc(SC)cc1. The van der Waals surface area contributed by atoms with Crippen molar-refractivity contribution in [2.45, 2.75) is 24.9 Å². The van der Waals surface area contributed by atoms with Crippen LogP contribution in [0.25, 0.3) is 0 Å². The lowest BCUT2D eigenvalue weighted by atomic mass is 10.2. The summed E-state index contributed by atoms with van der Waals surface area (Å²) in [5, 5.41) is 3.41. The Labute approximate surface area is 178 Å². The Bertz CT molecular complexity index is 790. The highest BCUT2D eigenvalue weighted by Crippen LogP contribution is 2.20. The lowest BCUT2D eigenvalue weighted by Crippen LogP contribution is -2.39. The zero-order chi connectivity index (χ0) is 20.5. The minimum absolute atomic E-state index is 0.596. The van der Waals surface area contributed by atoms with Crippen LogP contribution in [-0.2, 0) is 17.8 Å². The normalized spacial score (nSPS) is 14.7. The number of hydrogen-bond donors (Lipinski definition) is 1. The van der Waals surface area contributed by atoms with E-state index >= 15 is 0 Å². The Morgan fingerprint density at radius 3 is 2.69 bits per heavy atom. The Balaban J connectivity index is 1.71. The summed E-state index contributed by atoms with van der Waals surface area (Å²) in [6, 6.07) is 12.8. The Morgan fingerprint density at radius 2 is 2.00 bits per heavy atom. The van der Waals surface area contributed by atoms with Crippen LogP contribution < -0.4 is 10.2 Å². The van der Waals surface area contributed by atoms with Gasteiger partial charge in [-0.1, -0.05) is 18.2 Å². The second kappa shape index (κ2) is 11.1. The number of ether oxygens (including phenoxy) is 1. The predicted octanol–water partition coefficient (Wildman–Crippen LogP) is 3.24. The smallest absolute Gasteiger partial charge is 0.194 e. The summed E-state index contributed by atoms with van der Waals surface area (Å²) in [6.07, 6.45) is 3.95. The van der Waals surface area contributed by atoms with E-state index in [4.69, 9.17) is 9.73 Å². The number of thioether (sulfide) groups is 1. The van der Waals surface area contributed by atoms with Crippen LogP contribution in [0.3, 0.4) is 0 Å². The molecule has 1 saturated heterocycles. The first-order chi connectivity index (χ1) is 14.2. The molecule has 0 radical (unpaired) electrons. The third-order valence-corrected chi connectivity index (χ3v) is 5.60. The molecule has 2 heterocycles. The maximum atomic E-state index is 5.48. The van der Waals surface area contributed by atoms with E-state index in [1.165, 1.54) is 10.5 Å². The topological polar surface area (TPSA) is 53.0 Å². The molecule has 6 nitrogen and oxygen atoms in total. The molecule has 0 atom stereocenters. The third-order valence-electron chi connectivity index (χ3n) is 4.85. The molecule has 1 aromatic carbocycles. The van der Waals surface area contributed by atoms with Crippen molar-refractivity contribution in [3.05, 3.63) is 53.7 Å². The number of guanidine groups is 1. The van der Waals surface area contributed by atoms with Gasteiger partial charge in [0.15, 0.2) is 5.96 Å². The van der Waals surface area contributed by atoms with Crippen LogP contribution >= 0.6 is 11.8 Å². The number of aromatic nitrogens is 1. The average molecular weight is 414 g/mol. The molecule has 156 valence electrons. The van der Waals surface area contributed by atoms with E-state index in [1.54, 1.807) is 11.8 Å². The van der Waals surface area contributed by atoms with Crippen LogP contribution in [0.4, 0.5) is 5.82 Å². The lowest BCUT2D eigenvalue weighted by molar-refractivity contribution is 0.122. The second-order valence-electron chi connectivity index (χ2n) is 6.96. The summed E-state index contributed by atoms with van der Waals surface area (Å²) in [7, 11) is 2.08. The van der Waals surface area contributed by atoms with Crippen molar-refractivity contribution in [1.29, 1.82) is 0 Å². The van der Waals surface area contributed by atoms with Gasteiger partial charge >= 0.3 is 0 Å². The van der Waals surface area contributed by atoms with Gasteiger partial charge in [-0.15, -0.1) is 11.8 Å². The van der Waals surface area contributed by atoms with Gasteiger partial charge in [-0.3, -0.25) is 0 Å². The van der Waals surface area contributed by atoms with Crippen LogP contribution in [0.2, 0.25) is 0 Å². The molecule has 2 aromatic rings. The van der Waals surface area contributed by atoms with Gasteiger partial charge in [0.2, 0.25) is 0 Å². The van der Waals surface area contributed by atoms with E-state index in [0.29, 0.717) is 6.54 Å². The molecule has 0 saturated carbocycles. The van der Waals surface area contributed by atoms with E-state index in [-0.39, 0.29) is 0 Å². The first-order valence-electron chi connectivity index (χ1n) is 10.1. The molecule has 1 N–H and O–H groups in total. The number of anilines is 1. The molecular weight excluding hydrogens is 382 g/mol. The molecule has 0 bridgehead atoms. The number of morpholine rings is 1. The van der Waals surface area contributed by atoms with Gasteiger partial charge in [-0.05, 0) is 36.9 Å². The van der Waals surface area contributed by atoms with Crippen molar-refractivity contribution >= 4 is 23.5 Å². The summed E-state index contributed by atoms with van der Waals surface area (Å²) in [5.41, 5.74) is 2.41. The highest BCUT2D eigenvalue weighted by molar-refractivity contribution is 7.98. The van der Waals surface area contributed by atoms with E-state index in [1.807, 2.05) is 12.3 Å². The molecule has 1 aliphatic heterocycles. The van der Waals surface area contributed by atoms with Gasteiger partial charge in [0.25, 0.3) is 0 Å². The van der Waals surface area contributed by atoms with Crippen molar-refractivity contribution in [3.8, 4) is 0 Å². The monoisotopic (exact) mass is 413 g/mol. The molecule has 0 amide bonds. The highest BCUT2D eigenvalue weighted by Gasteiger charge is 2.16. The molecule has 0 unspecified atom stereocenters. The molecule has 7 heteroatoms. The lowest BCUT2D eigenvalue weighted by Gasteiger charge is -2.29. The van der Waals surface area contributed by atoms with Crippen LogP contribution in [0, 0.1) is 0 Å². The van der Waals surface area contributed by atoms with Crippen molar-refractivity contribution in [1.82, 2.24) is 15.2 Å². The summed E-state index contributed by atoms with van der Waals surface area (Å²) < 4.78 is 5.48. The highest BCUT2D eigenvalue weighted by atomic mass is 32.2. The fourth-order valence-corrected chi connectivity index (χ4v) is 3.73. The van der Waals surface area contributed by atoms with E-state index in [2.05, 4.69) is 70.7 Å². The second-order valence-corrected chi connectivity index (χ2v) is 7.84. The zero-order valence-corrected chi connectivity index (χ0v) is 18.4. The Morgan fingerprint density at radius 1 is 1.24 bits per heavy atom. The zero-order valence-electron chi connectivity index (χ0n) is 17.6. The van der Waals surface area contributed by atoms with Crippen molar-refractivity contribution in [2.24, 2.45) is 4.99 Å². The first-order valence-corrected chi connectivity index (χ1v) is 11.3. The third kappa shape index (κ3) is 6.11. The molecular formula is C22H31N5OS. The summed E-state index contributed by atoms with van der Waals surface area (Å²) in [4.78, 5) is 15.3. The van der Waals surface area contributed by atoms with Crippen molar-refractivity contribution in [2.75, 3.05) is 51.1 Å². The predicted molar refractivity (Wildman–Crippen MR) is 122 cm³/mol. The number of nitrogens with zero attached hydrogens (tertiary/aromatic N) is 4. The van der Waals surface area contributed by atoms with Gasteiger partial charge in [0, 0.05) is 49.9 Å². The van der Waals surface area contributed by atoms with Gasteiger partial charge < -0.3 is 19.9 Å². The molecule has 1 aromatic heterocycles. The fraction of sp³-hybridized carbons (Fsp3) is 0.455. The maximum absolute atomic E-state index is 5.48. The number of nitrogens with one attached hydrogen (secondary N) is 1. The summed E-state index contributed by atoms with van der Waals surface area (Å²) in [5.74, 6) is 1.92. The number of aliphatic imine (C=N–C) groups is 1. The molecule has 0 spiro atoms. The van der Waals surface area contributed by atoms with Crippen LogP contribution in [0.5, 0.6) is 0 Å². The van der Waals surface area contributed by atoms with Gasteiger partial charge in [-0.2, -0.15) is 0 Å². The van der Waals surface area contributed by atoms with E-state index in [0.717, 1.165) is 56.7 Å². The number of rotatable bonds is 7. The average Bonchev–Trinajstić information content (AvgIpc) is 2.78. The molecule has 0 aliphatic carbocycles. The molecule has 3 rings (SSSR count). The standard InChI is InChI=1S/C22H31N5OS/c1-4-23-22(26(2)17-18-7-9-20(29-3)10-8-18)25-16-19-6-5-11-24-21(19)27-12-14-28-15-13-27/h5-11H,4,12-17H2,1-3H3,(H,23,25). The van der Waals surface area contributed by atoms with Crippen LogP contribution in [0.1, 0.15) is 18.1 Å². The Hall–Kier alpha value is -2.25. The molecule has 1 aliphatic rings. The number of hydrogen-bond acceptors (Lipinski definition) is 5. The van der Waals surface area contributed by atoms with Crippen LogP contribution in [-0.4, -0.2) is 62.0 Å². The van der Waals surface area contributed by atoms with Gasteiger partial charge in [0.05, 0.1) is 19.8 Å².